The highest BCUT2D eigenvalue weighted by Gasteiger charge is 2.40. The van der Waals surface area contributed by atoms with E-state index >= 15 is 0 Å². The lowest BCUT2D eigenvalue weighted by molar-refractivity contribution is -0.155. The Labute approximate surface area is 139 Å². The van der Waals surface area contributed by atoms with Crippen molar-refractivity contribution in [1.82, 2.24) is 14.6 Å². The van der Waals surface area contributed by atoms with Gasteiger partial charge in [0.2, 0.25) is 0 Å². The lowest BCUT2D eigenvalue weighted by Gasteiger charge is -2.15. The first kappa shape index (κ1) is 17.5. The van der Waals surface area contributed by atoms with Crippen LogP contribution in [0.5, 0.6) is 0 Å². The Morgan fingerprint density at radius 2 is 1.86 bits per heavy atom. The number of nitrogens with zero attached hydrogens (tertiary/aromatic N) is 3. The lowest BCUT2D eigenvalue weighted by Crippen LogP contribution is -2.27. The molecule has 1 aromatic heterocycles. The van der Waals surface area contributed by atoms with Crippen molar-refractivity contribution in [3.8, 4) is 0 Å². The minimum absolute atomic E-state index is 0.00199. The first-order valence-electron chi connectivity index (χ1n) is 6.04. The van der Waals surface area contributed by atoms with Gasteiger partial charge in [-0.1, -0.05) is 34.8 Å². The van der Waals surface area contributed by atoms with Crippen molar-refractivity contribution in [3.63, 3.8) is 0 Å². The van der Waals surface area contributed by atoms with Crippen LogP contribution in [0.3, 0.4) is 0 Å². The maximum atomic E-state index is 13.1. The Kier molecular flexibility index (Phi) is 5.01. The topological polar surface area (TPSA) is 30.3 Å². The SMILES string of the molecule is CN(C)CCOn1c(C(F)(F)F)nc2c(Cl)cc(Cl)c(Cl)c21. The van der Waals surface area contributed by atoms with Crippen LogP contribution in [0.1, 0.15) is 5.82 Å². The molecule has 0 aliphatic carbocycles. The Balaban J connectivity index is 2.62. The van der Waals surface area contributed by atoms with Gasteiger partial charge in [0.05, 0.1) is 15.1 Å². The van der Waals surface area contributed by atoms with Gasteiger partial charge in [-0.05, 0) is 20.2 Å². The number of likely N-dealkylation sites (N-methyl/N-ethyl adjacent to an activating group) is 1. The molecule has 0 spiro atoms. The highest BCUT2D eigenvalue weighted by atomic mass is 35.5. The monoisotopic (exact) mass is 375 g/mol. The first-order valence-corrected chi connectivity index (χ1v) is 7.17. The summed E-state index contributed by atoms with van der Waals surface area (Å²) in [7, 11) is 3.53. The quantitative estimate of drug-likeness (QED) is 0.756. The van der Waals surface area contributed by atoms with Crippen LogP contribution < -0.4 is 4.84 Å². The summed E-state index contributed by atoms with van der Waals surface area (Å²) in [5.74, 6) is -1.24. The molecule has 0 saturated heterocycles. The molecular weight excluding hydrogens is 366 g/mol. The van der Waals surface area contributed by atoms with Gasteiger partial charge >= 0.3 is 6.18 Å². The summed E-state index contributed by atoms with van der Waals surface area (Å²) in [5.41, 5.74) is -0.224. The number of rotatable bonds is 4. The van der Waals surface area contributed by atoms with Gasteiger partial charge in [-0.25, -0.2) is 4.98 Å². The zero-order valence-corrected chi connectivity index (χ0v) is 13.8. The van der Waals surface area contributed by atoms with Crippen LogP contribution in [-0.4, -0.2) is 41.9 Å². The Morgan fingerprint density at radius 3 is 2.41 bits per heavy atom. The van der Waals surface area contributed by atoms with Gasteiger partial charge in [-0.2, -0.15) is 17.9 Å². The van der Waals surface area contributed by atoms with Crippen LogP contribution in [0.4, 0.5) is 13.2 Å². The average molecular weight is 377 g/mol. The number of hydrogen-bond acceptors (Lipinski definition) is 3. The summed E-state index contributed by atoms with van der Waals surface area (Å²) in [6.07, 6.45) is -4.73. The Morgan fingerprint density at radius 1 is 1.23 bits per heavy atom. The molecule has 2 aromatic rings. The van der Waals surface area contributed by atoms with E-state index in [0.717, 1.165) is 0 Å². The van der Waals surface area contributed by atoms with Crippen LogP contribution in [0.25, 0.3) is 11.0 Å². The van der Waals surface area contributed by atoms with Crippen LogP contribution >= 0.6 is 34.8 Å². The Hall–Kier alpha value is -0.890. The summed E-state index contributed by atoms with van der Waals surface area (Å²) in [5, 5.41) is -0.121. The predicted octanol–water partition coefficient (Wildman–Crippen LogP) is 4.01. The van der Waals surface area contributed by atoms with E-state index in [1.165, 1.54) is 6.07 Å². The van der Waals surface area contributed by atoms with Crippen molar-refractivity contribution < 1.29 is 18.0 Å². The van der Waals surface area contributed by atoms with Crippen LogP contribution in [0.15, 0.2) is 6.07 Å². The molecule has 10 heteroatoms. The highest BCUT2D eigenvalue weighted by Crippen LogP contribution is 2.39. The predicted molar refractivity (Wildman–Crippen MR) is 79.8 cm³/mol. The van der Waals surface area contributed by atoms with Gasteiger partial charge in [0, 0.05) is 6.54 Å². The number of imidazole rings is 1. The zero-order valence-electron chi connectivity index (χ0n) is 11.5. The molecule has 1 aromatic carbocycles. The van der Waals surface area contributed by atoms with E-state index in [-0.39, 0.29) is 32.7 Å². The third-order valence-corrected chi connectivity index (χ3v) is 3.81. The van der Waals surface area contributed by atoms with Crippen LogP contribution in [0, 0.1) is 0 Å². The molecule has 0 aliphatic rings. The molecule has 0 amide bonds. The molecule has 0 saturated carbocycles. The molecule has 0 atom stereocenters. The van der Waals surface area contributed by atoms with E-state index in [4.69, 9.17) is 39.6 Å². The minimum Gasteiger partial charge on any atom is -0.410 e. The molecule has 1 heterocycles. The molecule has 0 unspecified atom stereocenters. The number of hydrogen-bond donors (Lipinski definition) is 0. The van der Waals surface area contributed by atoms with E-state index in [0.29, 0.717) is 11.3 Å². The normalized spacial score (nSPS) is 12.4. The smallest absolute Gasteiger partial charge is 0.410 e. The zero-order chi connectivity index (χ0) is 16.7. The summed E-state index contributed by atoms with van der Waals surface area (Å²) in [6.45, 7) is 0.408. The van der Waals surface area contributed by atoms with Gasteiger partial charge in [0.25, 0.3) is 5.82 Å². The number of fused-ring (bicyclic) bond motifs is 1. The van der Waals surface area contributed by atoms with Crippen molar-refractivity contribution in [2.45, 2.75) is 6.18 Å². The second kappa shape index (κ2) is 6.31. The largest absolute Gasteiger partial charge is 0.453 e. The molecule has 122 valence electrons. The second-order valence-corrected chi connectivity index (χ2v) is 5.91. The summed E-state index contributed by atoms with van der Waals surface area (Å²) < 4.78 is 40.0. The number of aromatic nitrogens is 2. The van der Waals surface area contributed by atoms with Gasteiger partial charge in [0.15, 0.2) is 0 Å². The fraction of sp³-hybridized carbons (Fsp3) is 0.417. The number of halogens is 6. The molecule has 0 radical (unpaired) electrons. The molecule has 0 fully saturated rings. The van der Waals surface area contributed by atoms with Gasteiger partial charge < -0.3 is 9.74 Å². The van der Waals surface area contributed by atoms with E-state index in [1.54, 1.807) is 19.0 Å². The van der Waals surface area contributed by atoms with E-state index in [9.17, 15) is 13.2 Å². The molecule has 22 heavy (non-hydrogen) atoms. The first-order chi connectivity index (χ1) is 10.1. The van der Waals surface area contributed by atoms with E-state index in [1.807, 2.05) is 0 Å². The van der Waals surface area contributed by atoms with Crippen LogP contribution in [-0.2, 0) is 6.18 Å². The molecule has 0 N–H and O–H groups in total. The summed E-state index contributed by atoms with van der Waals surface area (Å²) >= 11 is 17.8. The minimum atomic E-state index is -4.73. The van der Waals surface area contributed by atoms with Crippen LogP contribution in [0.2, 0.25) is 15.1 Å². The van der Waals surface area contributed by atoms with Gasteiger partial charge in [-0.15, -0.1) is 0 Å². The maximum Gasteiger partial charge on any atom is 0.453 e. The van der Waals surface area contributed by atoms with Gasteiger partial charge in [0.1, 0.15) is 17.6 Å². The fourth-order valence-corrected chi connectivity index (χ4v) is 2.46. The lowest BCUT2D eigenvalue weighted by atomic mass is 10.3. The molecule has 4 nitrogen and oxygen atoms in total. The van der Waals surface area contributed by atoms with Gasteiger partial charge in [-0.3, -0.25) is 0 Å². The standard InChI is InChI=1S/C12H11Cl3F3N3O/c1-20(2)3-4-22-21-10-8(15)6(13)5-7(14)9(10)19-11(21)12(16,17)18/h5H,3-4H2,1-2H3. The number of benzene rings is 1. The second-order valence-electron chi connectivity index (χ2n) is 4.72. The average Bonchev–Trinajstić information content (AvgIpc) is 2.76. The van der Waals surface area contributed by atoms with Crippen molar-refractivity contribution in [1.29, 1.82) is 0 Å². The summed E-state index contributed by atoms with van der Waals surface area (Å²) in [6, 6.07) is 1.24. The maximum absolute atomic E-state index is 13.1. The van der Waals surface area contributed by atoms with Crippen molar-refractivity contribution >= 4 is 45.8 Å². The number of alkyl halides is 3. The van der Waals surface area contributed by atoms with E-state index < -0.39 is 12.0 Å². The van der Waals surface area contributed by atoms with Crippen molar-refractivity contribution in [3.05, 3.63) is 27.0 Å². The molecule has 0 aliphatic heterocycles. The molecular formula is C12H11Cl3F3N3O. The van der Waals surface area contributed by atoms with E-state index in [2.05, 4.69) is 4.98 Å². The third kappa shape index (κ3) is 3.37. The summed E-state index contributed by atoms with van der Waals surface area (Å²) in [4.78, 5) is 10.5. The fourth-order valence-electron chi connectivity index (χ4n) is 1.74. The van der Waals surface area contributed by atoms with Crippen molar-refractivity contribution in [2.75, 3.05) is 27.2 Å². The Bertz CT molecular complexity index is 700. The molecule has 0 bridgehead atoms. The van der Waals surface area contributed by atoms with Crippen molar-refractivity contribution in [2.24, 2.45) is 0 Å². The third-order valence-electron chi connectivity index (χ3n) is 2.75. The highest BCUT2D eigenvalue weighted by molar-refractivity contribution is 6.47. The molecule has 2 rings (SSSR count).